The minimum atomic E-state index is 0.0140. The van der Waals surface area contributed by atoms with Crippen molar-refractivity contribution in [3.05, 3.63) is 24.3 Å². The van der Waals surface area contributed by atoms with E-state index in [1.165, 1.54) is 0 Å². The monoisotopic (exact) mass is 209 g/mol. The third-order valence-corrected chi connectivity index (χ3v) is 1.89. The van der Waals surface area contributed by atoms with Gasteiger partial charge in [-0.3, -0.25) is 4.79 Å². The van der Waals surface area contributed by atoms with E-state index >= 15 is 0 Å². The summed E-state index contributed by atoms with van der Waals surface area (Å²) in [6.07, 6.45) is 0. The van der Waals surface area contributed by atoms with Crippen LogP contribution in [0.3, 0.4) is 0 Å². The van der Waals surface area contributed by atoms with E-state index < -0.39 is 0 Å². The first-order valence-electron chi connectivity index (χ1n) is 4.84. The SMILES string of the molecule is COc1ccc(NC(=O)C[NH+](C)C)cc1. The molecule has 1 amide bonds. The standard InChI is InChI=1S/C11H16N2O2/c1-13(2)8-11(14)12-9-4-6-10(15-3)7-5-9/h4-7H,8H2,1-3H3,(H,12,14)/p+1. The molecule has 0 bridgehead atoms. The quantitative estimate of drug-likeness (QED) is 0.720. The van der Waals surface area contributed by atoms with Crippen LogP contribution in [0.5, 0.6) is 5.75 Å². The van der Waals surface area contributed by atoms with Gasteiger partial charge < -0.3 is 15.0 Å². The number of carbonyl (C=O) groups is 1. The summed E-state index contributed by atoms with van der Waals surface area (Å²) >= 11 is 0. The third-order valence-electron chi connectivity index (χ3n) is 1.89. The summed E-state index contributed by atoms with van der Waals surface area (Å²) in [6.45, 7) is 0.464. The van der Waals surface area contributed by atoms with Crippen LogP contribution < -0.4 is 15.0 Å². The second-order valence-corrected chi connectivity index (χ2v) is 3.66. The Morgan fingerprint density at radius 3 is 2.40 bits per heavy atom. The molecule has 15 heavy (non-hydrogen) atoms. The lowest BCUT2D eigenvalue weighted by Gasteiger charge is -2.08. The molecule has 2 N–H and O–H groups in total. The van der Waals surface area contributed by atoms with Crippen LogP contribution in [0.25, 0.3) is 0 Å². The summed E-state index contributed by atoms with van der Waals surface area (Å²) in [7, 11) is 5.49. The Kier molecular flexibility index (Phi) is 4.12. The molecule has 0 saturated carbocycles. The zero-order valence-electron chi connectivity index (χ0n) is 9.33. The van der Waals surface area contributed by atoms with E-state index in [1.807, 2.05) is 38.4 Å². The molecule has 1 aromatic carbocycles. The number of hydrogen-bond acceptors (Lipinski definition) is 2. The highest BCUT2D eigenvalue weighted by atomic mass is 16.5. The topological polar surface area (TPSA) is 42.8 Å². The summed E-state index contributed by atoms with van der Waals surface area (Å²) in [5, 5.41) is 2.81. The van der Waals surface area contributed by atoms with Crippen LogP contribution in [0.4, 0.5) is 5.69 Å². The Morgan fingerprint density at radius 2 is 1.93 bits per heavy atom. The number of quaternary nitrogens is 1. The van der Waals surface area contributed by atoms with Crippen LogP contribution in [0, 0.1) is 0 Å². The fourth-order valence-electron chi connectivity index (χ4n) is 1.20. The van der Waals surface area contributed by atoms with Crippen molar-refractivity contribution in [1.29, 1.82) is 0 Å². The van der Waals surface area contributed by atoms with Crippen LogP contribution in [0.1, 0.15) is 0 Å². The average molecular weight is 209 g/mol. The Labute approximate surface area is 89.8 Å². The maximum Gasteiger partial charge on any atom is 0.279 e. The van der Waals surface area contributed by atoms with Crippen LogP contribution in [0.15, 0.2) is 24.3 Å². The highest BCUT2D eigenvalue weighted by Crippen LogP contribution is 2.14. The number of benzene rings is 1. The van der Waals surface area contributed by atoms with E-state index in [2.05, 4.69) is 5.32 Å². The summed E-state index contributed by atoms with van der Waals surface area (Å²) in [6, 6.07) is 7.28. The number of likely N-dealkylation sites (N-methyl/N-ethyl adjacent to an activating group) is 1. The van der Waals surface area contributed by atoms with Crippen LogP contribution >= 0.6 is 0 Å². The van der Waals surface area contributed by atoms with Crippen molar-refractivity contribution in [2.45, 2.75) is 0 Å². The van der Waals surface area contributed by atoms with Crippen LogP contribution in [0.2, 0.25) is 0 Å². The molecule has 0 aliphatic carbocycles. The molecule has 0 aliphatic heterocycles. The van der Waals surface area contributed by atoms with Gasteiger partial charge in [-0.15, -0.1) is 0 Å². The Balaban J connectivity index is 2.53. The van der Waals surface area contributed by atoms with Gasteiger partial charge in [0.1, 0.15) is 5.75 Å². The number of nitrogens with one attached hydrogen (secondary N) is 2. The Bertz CT molecular complexity index is 320. The molecular formula is C11H17N2O2+. The minimum Gasteiger partial charge on any atom is -0.497 e. The van der Waals surface area contributed by atoms with E-state index in [9.17, 15) is 4.79 Å². The molecule has 4 heteroatoms. The highest BCUT2D eigenvalue weighted by molar-refractivity contribution is 5.91. The molecule has 1 aromatic rings. The Hall–Kier alpha value is -1.55. The van der Waals surface area contributed by atoms with Crippen molar-refractivity contribution in [2.24, 2.45) is 0 Å². The molecule has 0 aliphatic rings. The van der Waals surface area contributed by atoms with Crippen LogP contribution in [-0.2, 0) is 4.79 Å². The smallest absolute Gasteiger partial charge is 0.279 e. The first-order chi connectivity index (χ1) is 7.11. The third kappa shape index (κ3) is 3.99. The molecule has 0 heterocycles. The van der Waals surface area contributed by atoms with Gasteiger partial charge in [-0.25, -0.2) is 0 Å². The van der Waals surface area contributed by atoms with Crippen molar-refractivity contribution in [3.63, 3.8) is 0 Å². The number of methoxy groups -OCH3 is 1. The average Bonchev–Trinajstić information content (AvgIpc) is 2.17. The number of rotatable bonds is 4. The molecular weight excluding hydrogens is 192 g/mol. The number of hydrogen-bond donors (Lipinski definition) is 2. The molecule has 0 radical (unpaired) electrons. The molecule has 82 valence electrons. The van der Waals surface area contributed by atoms with Gasteiger partial charge in [-0.2, -0.15) is 0 Å². The molecule has 0 aromatic heterocycles. The zero-order valence-corrected chi connectivity index (χ0v) is 9.33. The van der Waals surface area contributed by atoms with Gasteiger partial charge in [0, 0.05) is 5.69 Å². The normalized spacial score (nSPS) is 10.1. The van der Waals surface area contributed by atoms with Gasteiger partial charge >= 0.3 is 0 Å². The van der Waals surface area contributed by atoms with Crippen molar-refractivity contribution in [2.75, 3.05) is 33.1 Å². The van der Waals surface area contributed by atoms with Crippen molar-refractivity contribution in [1.82, 2.24) is 0 Å². The largest absolute Gasteiger partial charge is 0.497 e. The first kappa shape index (κ1) is 11.5. The van der Waals surface area contributed by atoms with E-state index in [-0.39, 0.29) is 5.91 Å². The predicted molar refractivity (Wildman–Crippen MR) is 59.3 cm³/mol. The number of amides is 1. The van der Waals surface area contributed by atoms with E-state index in [1.54, 1.807) is 7.11 Å². The van der Waals surface area contributed by atoms with Gasteiger partial charge in [0.25, 0.3) is 5.91 Å². The summed E-state index contributed by atoms with van der Waals surface area (Å²) in [5.41, 5.74) is 0.794. The number of carbonyl (C=O) groups excluding carboxylic acids is 1. The lowest BCUT2D eigenvalue weighted by molar-refractivity contribution is -0.849. The van der Waals surface area contributed by atoms with Gasteiger partial charge in [0.15, 0.2) is 6.54 Å². The molecule has 0 spiro atoms. The van der Waals surface area contributed by atoms with Gasteiger partial charge in [0.05, 0.1) is 21.2 Å². The summed E-state index contributed by atoms with van der Waals surface area (Å²) < 4.78 is 5.02. The van der Waals surface area contributed by atoms with Crippen LogP contribution in [-0.4, -0.2) is 33.7 Å². The van der Waals surface area contributed by atoms with Gasteiger partial charge in [0.2, 0.25) is 0 Å². The lowest BCUT2D eigenvalue weighted by Crippen LogP contribution is -3.06. The maximum atomic E-state index is 11.4. The second kappa shape index (κ2) is 5.36. The molecule has 0 unspecified atom stereocenters. The van der Waals surface area contributed by atoms with Gasteiger partial charge in [-0.05, 0) is 24.3 Å². The first-order valence-corrected chi connectivity index (χ1v) is 4.84. The van der Waals surface area contributed by atoms with Crippen molar-refractivity contribution < 1.29 is 14.4 Å². The zero-order chi connectivity index (χ0) is 11.3. The van der Waals surface area contributed by atoms with E-state index in [4.69, 9.17) is 4.74 Å². The fourth-order valence-corrected chi connectivity index (χ4v) is 1.20. The van der Waals surface area contributed by atoms with Crippen molar-refractivity contribution >= 4 is 11.6 Å². The molecule has 1 rings (SSSR count). The highest BCUT2D eigenvalue weighted by Gasteiger charge is 2.05. The van der Waals surface area contributed by atoms with E-state index in [0.29, 0.717) is 6.54 Å². The van der Waals surface area contributed by atoms with E-state index in [0.717, 1.165) is 16.3 Å². The minimum absolute atomic E-state index is 0.0140. The van der Waals surface area contributed by atoms with Crippen molar-refractivity contribution in [3.8, 4) is 5.75 Å². The molecule has 0 fully saturated rings. The fraction of sp³-hybridized carbons (Fsp3) is 0.364. The number of ether oxygens (including phenoxy) is 1. The van der Waals surface area contributed by atoms with Gasteiger partial charge in [-0.1, -0.05) is 0 Å². The second-order valence-electron chi connectivity index (χ2n) is 3.66. The summed E-state index contributed by atoms with van der Waals surface area (Å²) in [4.78, 5) is 12.5. The lowest BCUT2D eigenvalue weighted by atomic mass is 10.3. The molecule has 0 saturated heterocycles. The molecule has 4 nitrogen and oxygen atoms in total. The maximum absolute atomic E-state index is 11.4. The Morgan fingerprint density at radius 1 is 1.33 bits per heavy atom. The summed E-state index contributed by atoms with van der Waals surface area (Å²) in [5.74, 6) is 0.798. The predicted octanol–water partition coefficient (Wildman–Crippen LogP) is -0.222. The molecule has 0 atom stereocenters. The number of anilines is 1.